The standard InChI is InChI=1S/C22H25N3O4/c1-4-13-24-17-10-5-6-11-18(17)25(22(24)28)14-12-19(26)23-20-15(2)8-7-9-16(20)21(27)29-3/h5-11H,4,12-14H2,1-3H3,(H,23,26). The Hall–Kier alpha value is -3.35. The van der Waals surface area contributed by atoms with Gasteiger partial charge in [-0.1, -0.05) is 31.2 Å². The molecule has 1 aromatic heterocycles. The highest BCUT2D eigenvalue weighted by molar-refractivity contribution is 6.02. The summed E-state index contributed by atoms with van der Waals surface area (Å²) in [5.74, 6) is -0.786. The van der Waals surface area contributed by atoms with Crippen molar-refractivity contribution in [3.8, 4) is 0 Å². The third-order valence-corrected chi connectivity index (χ3v) is 4.88. The molecule has 0 spiro atoms. The van der Waals surface area contributed by atoms with E-state index in [0.717, 1.165) is 23.0 Å². The van der Waals surface area contributed by atoms with E-state index in [4.69, 9.17) is 4.74 Å². The van der Waals surface area contributed by atoms with Crippen molar-refractivity contribution in [3.05, 3.63) is 64.1 Å². The van der Waals surface area contributed by atoms with Gasteiger partial charge in [-0.2, -0.15) is 0 Å². The maximum Gasteiger partial charge on any atom is 0.339 e. The number of fused-ring (bicyclic) bond motifs is 1. The summed E-state index contributed by atoms with van der Waals surface area (Å²) in [7, 11) is 1.30. The van der Waals surface area contributed by atoms with E-state index in [1.54, 1.807) is 21.3 Å². The first-order valence-electron chi connectivity index (χ1n) is 9.63. The van der Waals surface area contributed by atoms with Crippen LogP contribution in [0.3, 0.4) is 0 Å². The molecule has 7 nitrogen and oxygen atoms in total. The highest BCUT2D eigenvalue weighted by Crippen LogP contribution is 2.22. The van der Waals surface area contributed by atoms with Crippen LogP contribution in [0.15, 0.2) is 47.3 Å². The van der Waals surface area contributed by atoms with Gasteiger partial charge in [-0.25, -0.2) is 9.59 Å². The second-order valence-corrected chi connectivity index (χ2v) is 6.86. The number of para-hydroxylation sites is 3. The minimum atomic E-state index is -0.511. The SMILES string of the molecule is CCCn1c(=O)n(CCC(=O)Nc2c(C)cccc2C(=O)OC)c2ccccc21. The van der Waals surface area contributed by atoms with Crippen LogP contribution in [0.5, 0.6) is 0 Å². The molecular weight excluding hydrogens is 370 g/mol. The number of aryl methyl sites for hydroxylation is 3. The van der Waals surface area contributed by atoms with E-state index in [2.05, 4.69) is 5.32 Å². The van der Waals surface area contributed by atoms with E-state index >= 15 is 0 Å². The number of methoxy groups -OCH3 is 1. The first kappa shape index (κ1) is 20.4. The zero-order chi connectivity index (χ0) is 21.0. The maximum atomic E-state index is 12.8. The van der Waals surface area contributed by atoms with Crippen LogP contribution in [0.25, 0.3) is 11.0 Å². The molecule has 1 heterocycles. The number of carbonyl (C=O) groups is 2. The lowest BCUT2D eigenvalue weighted by Crippen LogP contribution is -2.26. The summed E-state index contributed by atoms with van der Waals surface area (Å²) in [5.41, 5.74) is 3.06. The number of esters is 1. The molecule has 152 valence electrons. The van der Waals surface area contributed by atoms with Gasteiger partial charge in [0, 0.05) is 19.5 Å². The Labute approximate surface area is 168 Å². The zero-order valence-corrected chi connectivity index (χ0v) is 16.9. The summed E-state index contributed by atoms with van der Waals surface area (Å²) in [6, 6.07) is 12.7. The monoisotopic (exact) mass is 395 g/mol. The lowest BCUT2D eigenvalue weighted by molar-refractivity contribution is -0.116. The number of anilines is 1. The fraction of sp³-hybridized carbons (Fsp3) is 0.318. The number of nitrogens with zero attached hydrogens (tertiary/aromatic N) is 2. The summed E-state index contributed by atoms with van der Waals surface area (Å²) in [5, 5.41) is 2.80. The number of ether oxygens (including phenoxy) is 1. The maximum absolute atomic E-state index is 12.8. The molecule has 3 rings (SSSR count). The van der Waals surface area contributed by atoms with Crippen LogP contribution >= 0.6 is 0 Å². The van der Waals surface area contributed by atoms with Gasteiger partial charge in [0.05, 0.1) is 29.4 Å². The van der Waals surface area contributed by atoms with Crippen LogP contribution in [0.1, 0.15) is 35.7 Å². The van der Waals surface area contributed by atoms with Crippen LogP contribution in [0.2, 0.25) is 0 Å². The average Bonchev–Trinajstić information content (AvgIpc) is 2.99. The van der Waals surface area contributed by atoms with Crippen LogP contribution in [-0.2, 0) is 22.6 Å². The Bertz CT molecular complexity index is 1110. The molecule has 1 N–H and O–H groups in total. The van der Waals surface area contributed by atoms with Crippen LogP contribution < -0.4 is 11.0 Å². The number of carbonyl (C=O) groups excluding carboxylic acids is 2. The van der Waals surface area contributed by atoms with Crippen molar-refractivity contribution in [2.45, 2.75) is 39.8 Å². The van der Waals surface area contributed by atoms with Gasteiger partial charge in [-0.15, -0.1) is 0 Å². The van der Waals surface area contributed by atoms with Crippen LogP contribution in [0, 0.1) is 6.92 Å². The Morgan fingerprint density at radius 1 is 1.00 bits per heavy atom. The molecule has 0 fully saturated rings. The summed E-state index contributed by atoms with van der Waals surface area (Å²) in [4.78, 5) is 37.4. The molecule has 0 saturated carbocycles. The van der Waals surface area contributed by atoms with Gasteiger partial charge >= 0.3 is 11.7 Å². The van der Waals surface area contributed by atoms with Gasteiger partial charge in [0.15, 0.2) is 0 Å². The molecule has 7 heteroatoms. The molecule has 2 aromatic carbocycles. The number of rotatable bonds is 7. The average molecular weight is 395 g/mol. The van der Waals surface area contributed by atoms with Gasteiger partial charge in [0.2, 0.25) is 5.91 Å². The summed E-state index contributed by atoms with van der Waals surface area (Å²) < 4.78 is 8.16. The summed E-state index contributed by atoms with van der Waals surface area (Å²) >= 11 is 0. The van der Waals surface area contributed by atoms with Crippen molar-refractivity contribution < 1.29 is 14.3 Å². The Kier molecular flexibility index (Phi) is 6.16. The Morgan fingerprint density at radius 3 is 2.28 bits per heavy atom. The highest BCUT2D eigenvalue weighted by atomic mass is 16.5. The second-order valence-electron chi connectivity index (χ2n) is 6.86. The minimum absolute atomic E-state index is 0.106. The number of nitrogens with one attached hydrogen (secondary N) is 1. The molecule has 29 heavy (non-hydrogen) atoms. The number of amides is 1. The van der Waals surface area contributed by atoms with E-state index in [0.29, 0.717) is 17.8 Å². The van der Waals surface area contributed by atoms with Crippen molar-refractivity contribution in [1.82, 2.24) is 9.13 Å². The molecule has 0 aliphatic rings. The third kappa shape index (κ3) is 4.08. The number of hydrogen-bond acceptors (Lipinski definition) is 4. The van der Waals surface area contributed by atoms with Crippen molar-refractivity contribution in [2.75, 3.05) is 12.4 Å². The molecule has 0 unspecified atom stereocenters. The molecule has 1 amide bonds. The third-order valence-electron chi connectivity index (χ3n) is 4.88. The highest BCUT2D eigenvalue weighted by Gasteiger charge is 2.17. The number of imidazole rings is 1. The fourth-order valence-electron chi connectivity index (χ4n) is 3.46. The van der Waals surface area contributed by atoms with Crippen molar-refractivity contribution in [3.63, 3.8) is 0 Å². The molecule has 0 radical (unpaired) electrons. The molecule has 0 saturated heterocycles. The number of benzene rings is 2. The quantitative estimate of drug-likeness (QED) is 0.622. The van der Waals surface area contributed by atoms with Crippen molar-refractivity contribution >= 4 is 28.6 Å². The molecule has 0 aliphatic carbocycles. The zero-order valence-electron chi connectivity index (χ0n) is 16.9. The van der Waals surface area contributed by atoms with Gasteiger partial charge in [0.1, 0.15) is 0 Å². The first-order valence-corrected chi connectivity index (χ1v) is 9.63. The number of hydrogen-bond donors (Lipinski definition) is 1. The van der Waals surface area contributed by atoms with Gasteiger partial charge in [0.25, 0.3) is 0 Å². The molecule has 0 aliphatic heterocycles. The van der Waals surface area contributed by atoms with E-state index in [1.807, 2.05) is 44.2 Å². The van der Waals surface area contributed by atoms with Crippen molar-refractivity contribution in [1.29, 1.82) is 0 Å². The van der Waals surface area contributed by atoms with Gasteiger partial charge in [-0.3, -0.25) is 13.9 Å². The molecular formula is C22H25N3O4. The van der Waals surface area contributed by atoms with Crippen LogP contribution in [0.4, 0.5) is 5.69 Å². The van der Waals surface area contributed by atoms with Gasteiger partial charge in [-0.05, 0) is 37.1 Å². The van der Waals surface area contributed by atoms with E-state index < -0.39 is 5.97 Å². The first-order chi connectivity index (χ1) is 14.0. The lowest BCUT2D eigenvalue weighted by Gasteiger charge is -2.12. The lowest BCUT2D eigenvalue weighted by atomic mass is 10.1. The molecule has 0 atom stereocenters. The summed E-state index contributed by atoms with van der Waals surface area (Å²) in [6.45, 7) is 4.71. The fourth-order valence-corrected chi connectivity index (χ4v) is 3.46. The normalized spacial score (nSPS) is 10.9. The van der Waals surface area contributed by atoms with E-state index in [-0.39, 0.29) is 24.6 Å². The van der Waals surface area contributed by atoms with E-state index in [9.17, 15) is 14.4 Å². The molecule has 0 bridgehead atoms. The predicted molar refractivity (Wildman–Crippen MR) is 112 cm³/mol. The molecule has 3 aromatic rings. The second kappa shape index (κ2) is 8.77. The smallest absolute Gasteiger partial charge is 0.339 e. The summed E-state index contributed by atoms with van der Waals surface area (Å²) in [6.07, 6.45) is 0.951. The topological polar surface area (TPSA) is 82.3 Å². The minimum Gasteiger partial charge on any atom is -0.465 e. The van der Waals surface area contributed by atoms with E-state index in [1.165, 1.54) is 7.11 Å². The largest absolute Gasteiger partial charge is 0.465 e. The van der Waals surface area contributed by atoms with Gasteiger partial charge < -0.3 is 10.1 Å². The van der Waals surface area contributed by atoms with Crippen molar-refractivity contribution in [2.24, 2.45) is 0 Å². The van der Waals surface area contributed by atoms with Crippen LogP contribution in [-0.4, -0.2) is 28.1 Å². The number of aromatic nitrogens is 2. The Morgan fingerprint density at radius 2 is 1.66 bits per heavy atom. The Balaban J connectivity index is 1.82. The predicted octanol–water partition coefficient (Wildman–Crippen LogP) is 3.34.